The first-order valence-electron chi connectivity index (χ1n) is 5.77. The fourth-order valence-corrected chi connectivity index (χ4v) is 6.42. The van der Waals surface area contributed by atoms with Crippen LogP contribution in [0.25, 0.3) is 0 Å². The van der Waals surface area contributed by atoms with Crippen molar-refractivity contribution in [3.8, 4) is 0 Å². The zero-order valence-electron chi connectivity index (χ0n) is 8.63. The first-order chi connectivity index (χ1) is 6.77. The maximum Gasteiger partial charge on any atom is 0.0300 e. The molecular formula is C12H18OS. The Balaban J connectivity index is 2.05. The van der Waals surface area contributed by atoms with E-state index in [4.69, 9.17) is 0 Å². The summed E-state index contributed by atoms with van der Waals surface area (Å²) in [7, 11) is -0.521. The van der Waals surface area contributed by atoms with E-state index in [0.29, 0.717) is 10.8 Å². The summed E-state index contributed by atoms with van der Waals surface area (Å²) < 4.78 is 11.8. The molecule has 1 aliphatic heterocycles. The van der Waals surface area contributed by atoms with Crippen LogP contribution in [0.15, 0.2) is 12.2 Å². The van der Waals surface area contributed by atoms with E-state index in [1.807, 2.05) is 0 Å². The van der Waals surface area contributed by atoms with Crippen molar-refractivity contribution < 1.29 is 4.21 Å². The minimum absolute atomic E-state index is 0.449. The van der Waals surface area contributed by atoms with Crippen LogP contribution >= 0.6 is 0 Å². The zero-order chi connectivity index (χ0) is 9.65. The summed E-state index contributed by atoms with van der Waals surface area (Å²) in [4.78, 5) is 0. The first-order valence-corrected chi connectivity index (χ1v) is 7.25. The van der Waals surface area contributed by atoms with Gasteiger partial charge >= 0.3 is 0 Å². The molecule has 3 rings (SSSR count). The predicted octanol–water partition coefficient (Wildman–Crippen LogP) is 2.65. The lowest BCUT2D eigenvalue weighted by molar-refractivity contribution is 0.0342. The minimum Gasteiger partial charge on any atom is -0.260 e. The topological polar surface area (TPSA) is 17.1 Å². The van der Waals surface area contributed by atoms with Crippen molar-refractivity contribution in [2.24, 2.45) is 10.8 Å². The zero-order valence-corrected chi connectivity index (χ0v) is 9.44. The van der Waals surface area contributed by atoms with Crippen LogP contribution in [-0.4, -0.2) is 15.7 Å². The molecule has 2 aliphatic carbocycles. The second-order valence-electron chi connectivity index (χ2n) is 5.38. The molecule has 0 aromatic rings. The highest BCUT2D eigenvalue weighted by Crippen LogP contribution is 2.61. The van der Waals surface area contributed by atoms with Crippen LogP contribution in [0.4, 0.5) is 0 Å². The van der Waals surface area contributed by atoms with Crippen LogP contribution < -0.4 is 0 Å². The van der Waals surface area contributed by atoms with Crippen LogP contribution in [0.2, 0.25) is 0 Å². The molecule has 1 heterocycles. The molecule has 1 saturated heterocycles. The van der Waals surface area contributed by atoms with Gasteiger partial charge in [0.15, 0.2) is 0 Å². The third-order valence-electron chi connectivity index (χ3n) is 4.74. The average Bonchev–Trinajstić information content (AvgIpc) is 2.48. The number of hydrogen-bond donors (Lipinski definition) is 0. The Labute approximate surface area is 88.4 Å². The van der Waals surface area contributed by atoms with E-state index in [9.17, 15) is 4.21 Å². The molecule has 78 valence electrons. The van der Waals surface area contributed by atoms with Gasteiger partial charge in [-0.25, -0.2) is 0 Å². The lowest BCUT2D eigenvalue weighted by atomic mass is 9.53. The van der Waals surface area contributed by atoms with Crippen LogP contribution in [0.5, 0.6) is 0 Å². The van der Waals surface area contributed by atoms with E-state index in [-0.39, 0.29) is 0 Å². The number of allylic oxidation sites excluding steroid dienone is 2. The summed E-state index contributed by atoms with van der Waals surface area (Å²) in [5, 5.41) is 0. The molecule has 0 spiro atoms. The summed E-state index contributed by atoms with van der Waals surface area (Å²) >= 11 is 0. The molecular weight excluding hydrogens is 192 g/mol. The van der Waals surface area contributed by atoms with Crippen molar-refractivity contribution in [1.29, 1.82) is 0 Å². The summed E-state index contributed by atoms with van der Waals surface area (Å²) in [6.07, 6.45) is 12.5. The van der Waals surface area contributed by atoms with Gasteiger partial charge in [0.25, 0.3) is 0 Å². The fourth-order valence-electron chi connectivity index (χ4n) is 3.95. The normalized spacial score (nSPS) is 51.3. The summed E-state index contributed by atoms with van der Waals surface area (Å²) in [5.41, 5.74) is 0.899. The number of rotatable bonds is 0. The van der Waals surface area contributed by atoms with Gasteiger partial charge < -0.3 is 0 Å². The fraction of sp³-hybridized carbons (Fsp3) is 0.833. The Hall–Kier alpha value is -0.110. The van der Waals surface area contributed by atoms with E-state index in [1.54, 1.807) is 0 Å². The van der Waals surface area contributed by atoms with Crippen molar-refractivity contribution >= 4 is 10.8 Å². The largest absolute Gasteiger partial charge is 0.260 e. The molecule has 3 aliphatic rings. The highest BCUT2D eigenvalue weighted by atomic mass is 32.2. The van der Waals surface area contributed by atoms with Crippen LogP contribution in [0.1, 0.15) is 38.5 Å². The van der Waals surface area contributed by atoms with E-state index in [2.05, 4.69) is 12.2 Å². The Kier molecular flexibility index (Phi) is 1.92. The Morgan fingerprint density at radius 2 is 1.43 bits per heavy atom. The monoisotopic (exact) mass is 210 g/mol. The van der Waals surface area contributed by atoms with Gasteiger partial charge in [-0.2, -0.15) is 0 Å². The van der Waals surface area contributed by atoms with Crippen molar-refractivity contribution in [3.05, 3.63) is 12.2 Å². The molecule has 0 radical (unpaired) electrons. The van der Waals surface area contributed by atoms with E-state index >= 15 is 0 Å². The van der Waals surface area contributed by atoms with Crippen molar-refractivity contribution in [2.75, 3.05) is 11.5 Å². The van der Waals surface area contributed by atoms with Crippen LogP contribution in [0, 0.1) is 10.8 Å². The Morgan fingerprint density at radius 3 is 1.93 bits per heavy atom. The van der Waals surface area contributed by atoms with E-state index < -0.39 is 10.8 Å². The molecule has 1 nitrogen and oxygen atoms in total. The van der Waals surface area contributed by atoms with Crippen molar-refractivity contribution in [3.63, 3.8) is 0 Å². The lowest BCUT2D eigenvalue weighted by Crippen LogP contribution is -2.44. The van der Waals surface area contributed by atoms with Gasteiger partial charge in [-0.1, -0.05) is 25.0 Å². The lowest BCUT2D eigenvalue weighted by Gasteiger charge is -2.50. The second kappa shape index (κ2) is 2.94. The molecule has 2 unspecified atom stereocenters. The average molecular weight is 210 g/mol. The molecule has 2 atom stereocenters. The third kappa shape index (κ3) is 1.04. The molecule has 0 bridgehead atoms. The third-order valence-corrected chi connectivity index (χ3v) is 6.49. The maximum absolute atomic E-state index is 11.8. The number of hydrogen-bond acceptors (Lipinski definition) is 1. The first kappa shape index (κ1) is 9.14. The van der Waals surface area contributed by atoms with Gasteiger partial charge in [-0.3, -0.25) is 4.21 Å². The van der Waals surface area contributed by atoms with E-state index in [1.165, 1.54) is 38.5 Å². The molecule has 0 amide bonds. The molecule has 2 heteroatoms. The van der Waals surface area contributed by atoms with Gasteiger partial charge in [-0.15, -0.1) is 0 Å². The van der Waals surface area contributed by atoms with Crippen LogP contribution in [-0.2, 0) is 10.8 Å². The SMILES string of the molecule is O=S1CC23CC=CCC2(CCCC3)C1. The van der Waals surface area contributed by atoms with Gasteiger partial charge in [0.05, 0.1) is 0 Å². The van der Waals surface area contributed by atoms with Crippen LogP contribution in [0.3, 0.4) is 0 Å². The summed E-state index contributed by atoms with van der Waals surface area (Å²) in [6.45, 7) is 0. The van der Waals surface area contributed by atoms with Crippen molar-refractivity contribution in [2.45, 2.75) is 38.5 Å². The smallest absolute Gasteiger partial charge is 0.0300 e. The second-order valence-corrected chi connectivity index (χ2v) is 6.83. The van der Waals surface area contributed by atoms with Gasteiger partial charge in [0.2, 0.25) is 0 Å². The molecule has 0 N–H and O–H groups in total. The molecule has 14 heavy (non-hydrogen) atoms. The molecule has 1 saturated carbocycles. The molecule has 0 aromatic carbocycles. The summed E-state index contributed by atoms with van der Waals surface area (Å²) in [6, 6.07) is 0. The van der Waals surface area contributed by atoms with Gasteiger partial charge in [0, 0.05) is 22.3 Å². The standard InChI is InChI=1S/C12H18OS/c13-14-9-11-5-1-2-6-12(11,10-14)8-4-3-7-11/h1-2H,3-10H2. The molecule has 0 aromatic heterocycles. The van der Waals surface area contributed by atoms with Gasteiger partial charge in [0.1, 0.15) is 0 Å². The maximum atomic E-state index is 11.8. The van der Waals surface area contributed by atoms with E-state index in [0.717, 1.165) is 11.5 Å². The quantitative estimate of drug-likeness (QED) is 0.562. The highest BCUT2D eigenvalue weighted by Gasteiger charge is 2.57. The van der Waals surface area contributed by atoms with Gasteiger partial charge in [-0.05, 0) is 36.5 Å². The predicted molar refractivity (Wildman–Crippen MR) is 59.6 cm³/mol. The molecule has 2 fully saturated rings. The van der Waals surface area contributed by atoms with Crippen molar-refractivity contribution in [1.82, 2.24) is 0 Å². The Morgan fingerprint density at radius 1 is 0.929 bits per heavy atom. The minimum atomic E-state index is -0.521. The highest BCUT2D eigenvalue weighted by molar-refractivity contribution is 7.85. The Bertz CT molecular complexity index is 281. The summed E-state index contributed by atoms with van der Waals surface area (Å²) in [5.74, 6) is 1.99.